The molecule has 0 amide bonds. The van der Waals surface area contributed by atoms with Crippen molar-refractivity contribution in [3.05, 3.63) is 35.9 Å². The van der Waals surface area contributed by atoms with Crippen LogP contribution in [0.4, 0.5) is 13.2 Å². The number of nitrogens with zero attached hydrogens (tertiary/aromatic N) is 1. The number of Topliss-reactive ketones (excluding diaryl/α,β-unsaturated/α-hetero) is 1. The van der Waals surface area contributed by atoms with Gasteiger partial charge in [0.05, 0.1) is 6.54 Å². The maximum absolute atomic E-state index is 12.5. The lowest BCUT2D eigenvalue weighted by molar-refractivity contribution is -0.188. The summed E-state index contributed by atoms with van der Waals surface area (Å²) in [5.41, 5.74) is 1.01. The van der Waals surface area contributed by atoms with E-state index in [2.05, 4.69) is 0 Å². The lowest BCUT2D eigenvalue weighted by atomic mass is 9.94. The summed E-state index contributed by atoms with van der Waals surface area (Å²) in [4.78, 5) is 13.2. The van der Waals surface area contributed by atoms with Crippen LogP contribution in [-0.4, -0.2) is 29.9 Å². The molecule has 106 valence electrons. The van der Waals surface area contributed by atoms with Crippen LogP contribution in [-0.2, 0) is 11.3 Å². The van der Waals surface area contributed by atoms with Gasteiger partial charge in [-0.2, -0.15) is 13.2 Å². The van der Waals surface area contributed by atoms with Gasteiger partial charge in [0.2, 0.25) is 0 Å². The Labute approximate surface area is 116 Å². The van der Waals surface area contributed by atoms with Gasteiger partial charge in [0.1, 0.15) is 5.92 Å². The van der Waals surface area contributed by atoms with Gasteiger partial charge < -0.3 is 0 Å². The third-order valence-electron chi connectivity index (χ3n) is 3.15. The minimum absolute atomic E-state index is 0. The van der Waals surface area contributed by atoms with Gasteiger partial charge in [-0.3, -0.25) is 9.69 Å². The van der Waals surface area contributed by atoms with Gasteiger partial charge in [0, 0.05) is 6.54 Å². The predicted octanol–water partition coefficient (Wildman–Crippen LogP) is 3.06. The van der Waals surface area contributed by atoms with E-state index in [1.807, 2.05) is 30.3 Å². The number of halogens is 4. The van der Waals surface area contributed by atoms with E-state index in [0.29, 0.717) is 13.1 Å². The van der Waals surface area contributed by atoms with Crippen LogP contribution in [0.2, 0.25) is 0 Å². The number of benzene rings is 1. The van der Waals surface area contributed by atoms with E-state index in [9.17, 15) is 18.0 Å². The highest BCUT2D eigenvalue weighted by molar-refractivity contribution is 5.85. The molecule has 1 aliphatic rings. The summed E-state index contributed by atoms with van der Waals surface area (Å²) < 4.78 is 37.5. The zero-order chi connectivity index (χ0) is 13.2. The van der Waals surface area contributed by atoms with Crippen molar-refractivity contribution in [2.24, 2.45) is 5.92 Å². The van der Waals surface area contributed by atoms with Crippen LogP contribution < -0.4 is 0 Å². The number of carbonyl (C=O) groups is 1. The van der Waals surface area contributed by atoms with Crippen LogP contribution in [0.15, 0.2) is 30.3 Å². The van der Waals surface area contributed by atoms with E-state index in [4.69, 9.17) is 0 Å². The molecule has 1 fully saturated rings. The van der Waals surface area contributed by atoms with Crippen LogP contribution in [0.1, 0.15) is 12.0 Å². The van der Waals surface area contributed by atoms with Gasteiger partial charge in [-0.1, -0.05) is 30.3 Å². The molecule has 0 saturated carbocycles. The van der Waals surface area contributed by atoms with Crippen LogP contribution in [0.25, 0.3) is 0 Å². The van der Waals surface area contributed by atoms with Crippen molar-refractivity contribution >= 4 is 18.2 Å². The van der Waals surface area contributed by atoms with Crippen molar-refractivity contribution in [1.29, 1.82) is 0 Å². The minimum Gasteiger partial charge on any atom is -0.298 e. The number of carbonyl (C=O) groups excluding carboxylic acids is 1. The van der Waals surface area contributed by atoms with Crippen molar-refractivity contribution in [1.82, 2.24) is 4.90 Å². The maximum Gasteiger partial charge on any atom is 0.398 e. The number of hydrogen-bond donors (Lipinski definition) is 0. The average Bonchev–Trinajstić information content (AvgIpc) is 2.28. The average molecular weight is 294 g/mol. The largest absolute Gasteiger partial charge is 0.398 e. The molecule has 6 heteroatoms. The van der Waals surface area contributed by atoms with E-state index >= 15 is 0 Å². The summed E-state index contributed by atoms with van der Waals surface area (Å²) in [7, 11) is 0. The van der Waals surface area contributed by atoms with E-state index < -0.39 is 17.9 Å². The highest BCUT2D eigenvalue weighted by Gasteiger charge is 2.46. The van der Waals surface area contributed by atoms with Gasteiger partial charge in [0.15, 0.2) is 5.78 Å². The predicted molar refractivity (Wildman–Crippen MR) is 68.1 cm³/mol. The van der Waals surface area contributed by atoms with Crippen molar-refractivity contribution in [2.75, 3.05) is 13.1 Å². The molecular formula is C13H15ClF3NO. The zero-order valence-corrected chi connectivity index (χ0v) is 11.0. The molecule has 2 rings (SSSR count). The van der Waals surface area contributed by atoms with Crippen LogP contribution >= 0.6 is 12.4 Å². The molecular weight excluding hydrogens is 279 g/mol. The third-order valence-corrected chi connectivity index (χ3v) is 3.15. The Morgan fingerprint density at radius 2 is 1.84 bits per heavy atom. The fourth-order valence-corrected chi connectivity index (χ4v) is 2.21. The number of piperidine rings is 1. The Balaban J connectivity index is 0.00000180. The molecule has 0 spiro atoms. The van der Waals surface area contributed by atoms with Gasteiger partial charge in [-0.15, -0.1) is 12.4 Å². The van der Waals surface area contributed by atoms with Crippen molar-refractivity contribution < 1.29 is 18.0 Å². The molecule has 1 heterocycles. The smallest absolute Gasteiger partial charge is 0.298 e. The summed E-state index contributed by atoms with van der Waals surface area (Å²) >= 11 is 0. The van der Waals surface area contributed by atoms with E-state index in [1.54, 1.807) is 4.90 Å². The second-order valence-corrected chi connectivity index (χ2v) is 4.55. The molecule has 1 aromatic carbocycles. The monoisotopic (exact) mass is 293 g/mol. The molecule has 2 nitrogen and oxygen atoms in total. The first-order chi connectivity index (χ1) is 8.47. The number of ketones is 1. The molecule has 0 bridgehead atoms. The molecule has 1 saturated heterocycles. The van der Waals surface area contributed by atoms with Crippen LogP contribution in [0.3, 0.4) is 0 Å². The number of likely N-dealkylation sites (tertiary alicyclic amines) is 1. The molecule has 0 aromatic heterocycles. The number of alkyl halides is 3. The normalized spacial score (nSPS) is 21.0. The molecule has 1 unspecified atom stereocenters. The molecule has 19 heavy (non-hydrogen) atoms. The summed E-state index contributed by atoms with van der Waals surface area (Å²) in [6, 6.07) is 9.43. The first-order valence-corrected chi connectivity index (χ1v) is 5.82. The Hall–Kier alpha value is -1.07. The van der Waals surface area contributed by atoms with E-state index in [-0.39, 0.29) is 25.4 Å². The van der Waals surface area contributed by atoms with Crippen molar-refractivity contribution in [2.45, 2.75) is 19.1 Å². The summed E-state index contributed by atoms with van der Waals surface area (Å²) in [5.74, 6) is -2.49. The highest BCUT2D eigenvalue weighted by Crippen LogP contribution is 2.32. The lowest BCUT2D eigenvalue weighted by Crippen LogP contribution is -2.45. The van der Waals surface area contributed by atoms with Gasteiger partial charge in [-0.25, -0.2) is 0 Å². The Morgan fingerprint density at radius 3 is 2.37 bits per heavy atom. The SMILES string of the molecule is Cl.O=C1CN(Cc2ccccc2)CCC1C(F)(F)F. The quantitative estimate of drug-likeness (QED) is 0.835. The fraction of sp³-hybridized carbons (Fsp3) is 0.462. The van der Waals surface area contributed by atoms with Gasteiger partial charge in [0.25, 0.3) is 0 Å². The summed E-state index contributed by atoms with van der Waals surface area (Å²) in [6.07, 6.45) is -4.52. The number of rotatable bonds is 2. The first kappa shape index (κ1) is 16.0. The molecule has 1 aliphatic heterocycles. The second-order valence-electron chi connectivity index (χ2n) is 4.55. The summed E-state index contributed by atoms with van der Waals surface area (Å²) in [5, 5.41) is 0. The van der Waals surface area contributed by atoms with Crippen LogP contribution in [0.5, 0.6) is 0 Å². The van der Waals surface area contributed by atoms with Crippen molar-refractivity contribution in [3.8, 4) is 0 Å². The molecule has 0 N–H and O–H groups in total. The van der Waals surface area contributed by atoms with Gasteiger partial charge in [-0.05, 0) is 18.5 Å². The minimum atomic E-state index is -4.39. The Bertz CT molecular complexity index is 422. The Morgan fingerprint density at radius 1 is 1.21 bits per heavy atom. The topological polar surface area (TPSA) is 20.3 Å². The lowest BCUT2D eigenvalue weighted by Gasteiger charge is -2.31. The summed E-state index contributed by atoms with van der Waals surface area (Å²) in [6.45, 7) is 0.723. The first-order valence-electron chi connectivity index (χ1n) is 5.82. The van der Waals surface area contributed by atoms with E-state index in [1.165, 1.54) is 0 Å². The van der Waals surface area contributed by atoms with Crippen molar-refractivity contribution in [3.63, 3.8) is 0 Å². The van der Waals surface area contributed by atoms with Crippen LogP contribution in [0, 0.1) is 5.92 Å². The highest BCUT2D eigenvalue weighted by atomic mass is 35.5. The molecule has 1 aromatic rings. The standard InChI is InChI=1S/C13H14F3NO.ClH/c14-13(15,16)11-6-7-17(9-12(11)18)8-10-4-2-1-3-5-10;/h1-5,11H,6-9H2;1H. The zero-order valence-electron chi connectivity index (χ0n) is 10.2. The third kappa shape index (κ3) is 4.21. The molecule has 0 radical (unpaired) electrons. The second kappa shape index (κ2) is 6.39. The van der Waals surface area contributed by atoms with E-state index in [0.717, 1.165) is 5.56 Å². The fourth-order valence-electron chi connectivity index (χ4n) is 2.21. The number of hydrogen-bond acceptors (Lipinski definition) is 2. The van der Waals surface area contributed by atoms with Gasteiger partial charge >= 0.3 is 6.18 Å². The molecule has 0 aliphatic carbocycles. The maximum atomic E-state index is 12.5. The Kier molecular flexibility index (Phi) is 5.38. The molecule has 1 atom stereocenters.